The monoisotopic (exact) mass is 279 g/mol. The number of carbonyl (C=O) groups is 1. The Labute approximate surface area is 125 Å². The van der Waals surface area contributed by atoms with Gasteiger partial charge >= 0.3 is 0 Å². The zero-order valence-electron chi connectivity index (χ0n) is 13.8. The summed E-state index contributed by atoms with van der Waals surface area (Å²) in [5.74, 6) is 0.223. The van der Waals surface area contributed by atoms with Crippen molar-refractivity contribution in [1.82, 2.24) is 4.57 Å². The van der Waals surface area contributed by atoms with Gasteiger partial charge in [-0.25, -0.2) is 0 Å². The van der Waals surface area contributed by atoms with E-state index in [4.69, 9.17) is 0 Å². The molecule has 1 rings (SSSR count). The fraction of sp³-hybridized carbons (Fsp3) is 0.722. The maximum Gasteiger partial charge on any atom is 0.184 e. The summed E-state index contributed by atoms with van der Waals surface area (Å²) in [5.41, 5.74) is 2.02. The lowest BCUT2D eigenvalue weighted by molar-refractivity contribution is 0.0846. The summed E-state index contributed by atoms with van der Waals surface area (Å²) < 4.78 is 2.12. The van der Waals surface area contributed by atoms with Crippen LogP contribution in [0.2, 0.25) is 0 Å². The van der Waals surface area contributed by atoms with Gasteiger partial charge in [0.1, 0.15) is 0 Å². The molecule has 0 radical (unpaired) electrons. The summed E-state index contributed by atoms with van der Waals surface area (Å²) in [5, 5.41) is 0. The van der Waals surface area contributed by atoms with Crippen molar-refractivity contribution in [2.24, 2.45) is 10.8 Å². The predicted octanol–water partition coefficient (Wildman–Crippen LogP) is 5.52. The van der Waals surface area contributed by atoms with E-state index in [0.29, 0.717) is 6.04 Å². The second kappa shape index (κ2) is 6.15. The number of hydrogen-bond acceptors (Lipinski definition) is 1. The van der Waals surface area contributed by atoms with Gasteiger partial charge in [0.05, 0.1) is 5.69 Å². The lowest BCUT2D eigenvalue weighted by atomic mass is 9.87. The molecule has 0 aliphatic rings. The molecule has 2 nitrogen and oxygen atoms in total. The highest BCUT2D eigenvalue weighted by molar-refractivity contribution is 5.98. The van der Waals surface area contributed by atoms with Gasteiger partial charge in [-0.1, -0.05) is 49.0 Å². The molecule has 0 unspecified atom stereocenters. The second-order valence-corrected chi connectivity index (χ2v) is 8.05. The van der Waals surface area contributed by atoms with Crippen LogP contribution in [0.15, 0.2) is 12.3 Å². The number of ketones is 1. The molecule has 116 valence electrons. The Morgan fingerprint density at radius 1 is 1.15 bits per heavy atom. The molecule has 0 aliphatic heterocycles. The van der Waals surface area contributed by atoms with Gasteiger partial charge in [-0.15, -0.1) is 0 Å². The van der Waals surface area contributed by atoms with Gasteiger partial charge in [0.25, 0.3) is 0 Å². The molecule has 0 spiro atoms. The van der Waals surface area contributed by atoms with Crippen molar-refractivity contribution in [3.8, 4) is 0 Å². The molecular formula is C18H33NO. The van der Waals surface area contributed by atoms with Gasteiger partial charge in [0, 0.05) is 17.7 Å². The number of nitrogens with zero attached hydrogens (tertiary/aromatic N) is 1. The summed E-state index contributed by atoms with van der Waals surface area (Å²) in [6, 6.07) is 2.40. The topological polar surface area (TPSA) is 22.0 Å². The third-order valence-corrected chi connectivity index (χ3v) is 3.11. The number of carbonyl (C=O) groups excluding carboxylic acids is 1. The van der Waals surface area contributed by atoms with Crippen molar-refractivity contribution in [2.45, 2.75) is 75.3 Å². The van der Waals surface area contributed by atoms with Crippen molar-refractivity contribution in [1.29, 1.82) is 0 Å². The lowest BCUT2D eigenvalue weighted by Crippen LogP contribution is -2.23. The Morgan fingerprint density at radius 2 is 1.65 bits per heavy atom. The van der Waals surface area contributed by atoms with E-state index in [1.54, 1.807) is 0 Å². The van der Waals surface area contributed by atoms with Gasteiger partial charge in [-0.05, 0) is 37.3 Å². The Kier molecular flexibility index (Phi) is 5.83. The average Bonchev–Trinajstić information content (AvgIpc) is 2.56. The second-order valence-electron chi connectivity index (χ2n) is 8.05. The molecule has 0 aliphatic carbocycles. The van der Waals surface area contributed by atoms with Gasteiger partial charge < -0.3 is 4.57 Å². The summed E-state index contributed by atoms with van der Waals surface area (Å²) in [7, 11) is 0. The average molecular weight is 279 g/mol. The third-order valence-electron chi connectivity index (χ3n) is 3.11. The first kappa shape index (κ1) is 18.9. The van der Waals surface area contributed by atoms with Gasteiger partial charge in [0.2, 0.25) is 0 Å². The van der Waals surface area contributed by atoms with Crippen molar-refractivity contribution in [3.05, 3.63) is 23.5 Å². The first-order chi connectivity index (χ1) is 8.42. The fourth-order valence-electron chi connectivity index (χ4n) is 2.24. The Morgan fingerprint density at radius 3 is 2.00 bits per heavy atom. The van der Waals surface area contributed by atoms with Crippen molar-refractivity contribution >= 4 is 5.78 Å². The maximum absolute atomic E-state index is 12.5. The molecule has 0 bridgehead atoms. The maximum atomic E-state index is 12.5. The Balaban J connectivity index is 0.00000361. The first-order valence-corrected chi connectivity index (χ1v) is 7.17. The minimum atomic E-state index is -0.329. The van der Waals surface area contributed by atoms with Gasteiger partial charge in [-0.3, -0.25) is 4.79 Å². The summed E-state index contributed by atoms with van der Waals surface area (Å²) in [4.78, 5) is 12.5. The Hall–Kier alpha value is -1.05. The predicted molar refractivity (Wildman–Crippen MR) is 88.5 cm³/mol. The molecule has 0 atom stereocenters. The minimum absolute atomic E-state index is 0. The molecule has 20 heavy (non-hydrogen) atoms. The zero-order valence-corrected chi connectivity index (χ0v) is 13.8. The molecule has 1 aromatic heterocycles. The molecule has 0 amide bonds. The van der Waals surface area contributed by atoms with E-state index in [0.717, 1.165) is 12.1 Å². The van der Waals surface area contributed by atoms with Crippen LogP contribution in [0, 0.1) is 10.8 Å². The molecule has 0 saturated heterocycles. The van der Waals surface area contributed by atoms with Gasteiger partial charge in [-0.2, -0.15) is 0 Å². The van der Waals surface area contributed by atoms with E-state index in [2.05, 4.69) is 51.4 Å². The fourth-order valence-corrected chi connectivity index (χ4v) is 2.24. The van der Waals surface area contributed by atoms with Crippen LogP contribution in [-0.4, -0.2) is 10.4 Å². The van der Waals surface area contributed by atoms with Crippen LogP contribution >= 0.6 is 0 Å². The van der Waals surface area contributed by atoms with Crippen LogP contribution in [0.1, 0.15) is 84.9 Å². The molecule has 1 aromatic rings. The van der Waals surface area contributed by atoms with E-state index in [1.807, 2.05) is 20.8 Å². The zero-order chi connectivity index (χ0) is 15.0. The molecule has 2 heteroatoms. The number of rotatable bonds is 3. The van der Waals surface area contributed by atoms with Crippen molar-refractivity contribution in [3.63, 3.8) is 0 Å². The highest BCUT2D eigenvalue weighted by atomic mass is 16.1. The highest BCUT2D eigenvalue weighted by Gasteiger charge is 2.27. The third kappa shape index (κ3) is 4.81. The standard InChI is InChI=1S/C17H29NO.CH4/c1-12(2)18-11-13(10-16(3,4)5)9-14(18)15(19)17(6,7)8;/h9,11-12H,10H2,1-8H3;1H4. The van der Waals surface area contributed by atoms with E-state index < -0.39 is 0 Å². The van der Waals surface area contributed by atoms with Crippen LogP contribution in [0.25, 0.3) is 0 Å². The molecule has 1 heterocycles. The summed E-state index contributed by atoms with van der Waals surface area (Å²) >= 11 is 0. The van der Waals surface area contributed by atoms with Crippen LogP contribution < -0.4 is 0 Å². The lowest BCUT2D eigenvalue weighted by Gasteiger charge is -2.19. The van der Waals surface area contributed by atoms with Crippen LogP contribution in [-0.2, 0) is 6.42 Å². The smallest absolute Gasteiger partial charge is 0.184 e. The molecule has 0 saturated carbocycles. The summed E-state index contributed by atoms with van der Waals surface area (Å²) in [6.45, 7) is 16.9. The molecular weight excluding hydrogens is 246 g/mol. The van der Waals surface area contributed by atoms with Crippen molar-refractivity contribution in [2.75, 3.05) is 0 Å². The minimum Gasteiger partial charge on any atom is -0.342 e. The molecule has 0 fully saturated rings. The quantitative estimate of drug-likeness (QED) is 0.667. The van der Waals surface area contributed by atoms with Crippen molar-refractivity contribution < 1.29 is 4.79 Å². The molecule has 0 N–H and O–H groups in total. The normalized spacial score (nSPS) is 12.4. The van der Waals surface area contributed by atoms with E-state index in [1.165, 1.54) is 5.56 Å². The number of Topliss-reactive ketones (excluding diaryl/α,β-unsaturated/α-hetero) is 1. The van der Waals surface area contributed by atoms with Crippen LogP contribution in [0.5, 0.6) is 0 Å². The van der Waals surface area contributed by atoms with Crippen LogP contribution in [0.3, 0.4) is 0 Å². The Bertz CT molecular complexity index is 453. The molecule has 0 aromatic carbocycles. The van der Waals surface area contributed by atoms with E-state index in [9.17, 15) is 4.79 Å². The largest absolute Gasteiger partial charge is 0.342 e. The number of aromatic nitrogens is 1. The van der Waals surface area contributed by atoms with E-state index >= 15 is 0 Å². The number of hydrogen-bond donors (Lipinski definition) is 0. The van der Waals surface area contributed by atoms with E-state index in [-0.39, 0.29) is 24.0 Å². The first-order valence-electron chi connectivity index (χ1n) is 7.17. The van der Waals surface area contributed by atoms with Crippen LogP contribution in [0.4, 0.5) is 0 Å². The summed E-state index contributed by atoms with van der Waals surface area (Å²) in [6.07, 6.45) is 3.14. The van der Waals surface area contributed by atoms with Gasteiger partial charge in [0.15, 0.2) is 5.78 Å². The highest BCUT2D eigenvalue weighted by Crippen LogP contribution is 2.28. The SMILES string of the molecule is C.CC(C)n1cc(CC(C)(C)C)cc1C(=O)C(C)(C)C.